The highest BCUT2D eigenvalue weighted by Gasteiger charge is 2.33. The van der Waals surface area contributed by atoms with Crippen LogP contribution in [0, 0.1) is 5.82 Å². The first-order valence-electron chi connectivity index (χ1n) is 10.1. The first-order valence-corrected chi connectivity index (χ1v) is 10.1. The summed E-state index contributed by atoms with van der Waals surface area (Å²) in [5, 5.41) is 12.5. The van der Waals surface area contributed by atoms with E-state index in [1.807, 2.05) is 16.8 Å². The molecule has 6 nitrogen and oxygen atoms in total. The van der Waals surface area contributed by atoms with Gasteiger partial charge in [-0.25, -0.2) is 9.07 Å². The fourth-order valence-electron chi connectivity index (χ4n) is 4.55. The molecule has 8 heteroatoms. The van der Waals surface area contributed by atoms with E-state index in [9.17, 15) is 4.39 Å². The van der Waals surface area contributed by atoms with E-state index >= 15 is 0 Å². The van der Waals surface area contributed by atoms with Gasteiger partial charge in [-0.3, -0.25) is 9.80 Å². The van der Waals surface area contributed by atoms with E-state index in [1.165, 1.54) is 37.8 Å². The van der Waals surface area contributed by atoms with Crippen LogP contribution in [-0.4, -0.2) is 62.2 Å². The van der Waals surface area contributed by atoms with Crippen molar-refractivity contribution in [2.75, 3.05) is 26.2 Å². The zero-order valence-electron chi connectivity index (χ0n) is 16.7. The van der Waals surface area contributed by atoms with E-state index in [-0.39, 0.29) is 30.3 Å². The fourth-order valence-corrected chi connectivity index (χ4v) is 4.55. The number of rotatable bonds is 5. The molecule has 1 aliphatic carbocycles. The van der Waals surface area contributed by atoms with Gasteiger partial charge in [-0.1, -0.05) is 25.0 Å². The monoisotopic (exact) mass is 408 g/mol. The third-order valence-corrected chi connectivity index (χ3v) is 5.99. The van der Waals surface area contributed by atoms with Gasteiger partial charge in [0.25, 0.3) is 0 Å². The Labute approximate surface area is 172 Å². The molecule has 0 bridgehead atoms. The smallest absolute Gasteiger partial charge is 0.173 e. The first-order chi connectivity index (χ1) is 13.1. The number of hydrogen-bond donors (Lipinski definition) is 0. The number of tetrazole rings is 1. The summed E-state index contributed by atoms with van der Waals surface area (Å²) in [5.74, 6) is 0.623. The molecule has 0 amide bonds. The first kappa shape index (κ1) is 21.1. The van der Waals surface area contributed by atoms with Crippen LogP contribution in [-0.2, 0) is 0 Å². The van der Waals surface area contributed by atoms with Crippen molar-refractivity contribution in [3.8, 4) is 0 Å². The minimum atomic E-state index is -0.216. The summed E-state index contributed by atoms with van der Waals surface area (Å²) < 4.78 is 15.4. The zero-order chi connectivity index (χ0) is 18.8. The summed E-state index contributed by atoms with van der Waals surface area (Å²) in [4.78, 5) is 5.10. The Morgan fingerprint density at radius 1 is 1.00 bits per heavy atom. The average Bonchev–Trinajstić information content (AvgIpc) is 3.36. The van der Waals surface area contributed by atoms with Crippen molar-refractivity contribution in [3.63, 3.8) is 0 Å². The Morgan fingerprint density at radius 3 is 2.25 bits per heavy atom. The third-order valence-electron chi connectivity index (χ3n) is 5.99. The summed E-state index contributed by atoms with van der Waals surface area (Å²) in [7, 11) is 0. The molecule has 28 heavy (non-hydrogen) atoms. The number of piperazine rings is 1. The summed E-state index contributed by atoms with van der Waals surface area (Å²) in [6, 6.07) is 7.68. The molecular weight excluding hydrogens is 379 g/mol. The van der Waals surface area contributed by atoms with Gasteiger partial charge in [-0.15, -0.1) is 17.5 Å². The minimum absolute atomic E-state index is 0. The molecule has 1 aromatic carbocycles. The van der Waals surface area contributed by atoms with Gasteiger partial charge in [0.2, 0.25) is 0 Å². The van der Waals surface area contributed by atoms with Crippen LogP contribution in [0.4, 0.5) is 4.39 Å². The molecule has 2 aromatic rings. The Balaban J connectivity index is 0.00000225. The Bertz CT molecular complexity index is 735. The molecule has 0 spiro atoms. The van der Waals surface area contributed by atoms with Crippen LogP contribution in [0.5, 0.6) is 0 Å². The van der Waals surface area contributed by atoms with Gasteiger partial charge in [-0.05, 0) is 54.8 Å². The number of halogens is 2. The molecule has 154 valence electrons. The molecule has 2 fully saturated rings. The second kappa shape index (κ2) is 9.29. The fraction of sp³-hybridized carbons (Fsp3) is 0.650. The van der Waals surface area contributed by atoms with Crippen LogP contribution in [0.1, 0.15) is 63.0 Å². The number of aromatic nitrogens is 4. The van der Waals surface area contributed by atoms with Crippen molar-refractivity contribution in [3.05, 3.63) is 41.5 Å². The zero-order valence-corrected chi connectivity index (χ0v) is 17.5. The normalized spacial score (nSPS) is 20.4. The highest BCUT2D eigenvalue weighted by Crippen LogP contribution is 2.31. The number of hydrogen-bond acceptors (Lipinski definition) is 5. The maximum atomic E-state index is 13.5. The molecule has 1 saturated heterocycles. The molecule has 4 rings (SSSR count). The molecule has 1 aliphatic heterocycles. The molecule has 0 N–H and O–H groups in total. The molecule has 1 atom stereocenters. The van der Waals surface area contributed by atoms with Gasteiger partial charge in [0.1, 0.15) is 5.82 Å². The highest BCUT2D eigenvalue weighted by molar-refractivity contribution is 5.85. The van der Waals surface area contributed by atoms with E-state index in [0.717, 1.165) is 43.6 Å². The van der Waals surface area contributed by atoms with E-state index in [0.29, 0.717) is 0 Å². The van der Waals surface area contributed by atoms with Gasteiger partial charge >= 0.3 is 0 Å². The summed E-state index contributed by atoms with van der Waals surface area (Å²) >= 11 is 0. The van der Waals surface area contributed by atoms with Crippen molar-refractivity contribution in [1.29, 1.82) is 0 Å². The van der Waals surface area contributed by atoms with Gasteiger partial charge in [0.05, 0.1) is 12.1 Å². The van der Waals surface area contributed by atoms with Gasteiger partial charge < -0.3 is 0 Å². The van der Waals surface area contributed by atoms with Gasteiger partial charge in [0, 0.05) is 32.2 Å². The van der Waals surface area contributed by atoms with Gasteiger partial charge in [0.15, 0.2) is 5.82 Å². The van der Waals surface area contributed by atoms with Crippen molar-refractivity contribution < 1.29 is 4.39 Å². The van der Waals surface area contributed by atoms with Crippen LogP contribution in [0.2, 0.25) is 0 Å². The van der Waals surface area contributed by atoms with Crippen LogP contribution >= 0.6 is 12.4 Å². The molecule has 0 radical (unpaired) electrons. The Morgan fingerprint density at radius 2 is 1.64 bits per heavy atom. The van der Waals surface area contributed by atoms with E-state index in [4.69, 9.17) is 0 Å². The number of nitrogens with zero attached hydrogens (tertiary/aromatic N) is 6. The predicted molar refractivity (Wildman–Crippen MR) is 109 cm³/mol. The second-order valence-electron chi connectivity index (χ2n) is 8.04. The molecule has 2 aliphatic rings. The standard InChI is InChI=1S/C20H29FN6.ClH/c1-15(2)27-20(22-23-24-27)19(16-7-9-17(21)10-8-16)26-13-11-25(12-14-26)18-5-3-4-6-18;/h7-10,15,18-19H,3-6,11-14H2,1-2H3;1H. The predicted octanol–water partition coefficient (Wildman–Crippen LogP) is 3.46. The summed E-state index contributed by atoms with van der Waals surface area (Å²) in [5.41, 5.74) is 1.04. The number of benzene rings is 1. The van der Waals surface area contributed by atoms with Crippen molar-refractivity contribution >= 4 is 12.4 Å². The third kappa shape index (κ3) is 4.36. The van der Waals surface area contributed by atoms with Crippen molar-refractivity contribution in [2.45, 2.75) is 57.7 Å². The van der Waals surface area contributed by atoms with Crippen molar-refractivity contribution in [2.24, 2.45) is 0 Å². The molecule has 1 saturated carbocycles. The Kier molecular flexibility index (Phi) is 7.01. The Hall–Kier alpha value is -1.57. The van der Waals surface area contributed by atoms with Crippen LogP contribution in [0.15, 0.2) is 24.3 Å². The second-order valence-corrected chi connectivity index (χ2v) is 8.04. The maximum Gasteiger partial charge on any atom is 0.173 e. The molecule has 1 unspecified atom stereocenters. The van der Waals surface area contributed by atoms with E-state index in [1.54, 1.807) is 0 Å². The SMILES string of the molecule is CC(C)n1nnnc1C(c1ccc(F)cc1)N1CCN(C2CCCC2)CC1.Cl. The maximum absolute atomic E-state index is 13.5. The lowest BCUT2D eigenvalue weighted by Gasteiger charge is -2.41. The molecule has 1 aromatic heterocycles. The lowest BCUT2D eigenvalue weighted by Crippen LogP contribution is -2.51. The summed E-state index contributed by atoms with van der Waals surface area (Å²) in [6.07, 6.45) is 5.42. The average molecular weight is 409 g/mol. The van der Waals surface area contributed by atoms with Crippen LogP contribution in [0.25, 0.3) is 0 Å². The van der Waals surface area contributed by atoms with Crippen LogP contribution < -0.4 is 0 Å². The lowest BCUT2D eigenvalue weighted by molar-refractivity contribution is 0.0766. The minimum Gasteiger partial charge on any atom is -0.298 e. The highest BCUT2D eigenvalue weighted by atomic mass is 35.5. The van der Waals surface area contributed by atoms with Gasteiger partial charge in [-0.2, -0.15) is 0 Å². The quantitative estimate of drug-likeness (QED) is 0.758. The van der Waals surface area contributed by atoms with E-state index < -0.39 is 0 Å². The topological polar surface area (TPSA) is 50.1 Å². The summed E-state index contributed by atoms with van der Waals surface area (Å²) in [6.45, 7) is 8.27. The van der Waals surface area contributed by atoms with Crippen molar-refractivity contribution in [1.82, 2.24) is 30.0 Å². The molecule has 2 heterocycles. The largest absolute Gasteiger partial charge is 0.298 e. The van der Waals surface area contributed by atoms with E-state index in [2.05, 4.69) is 39.2 Å². The lowest BCUT2D eigenvalue weighted by atomic mass is 10.0. The van der Waals surface area contributed by atoms with Crippen LogP contribution in [0.3, 0.4) is 0 Å². The molecular formula is C20H30ClFN6.